The summed E-state index contributed by atoms with van der Waals surface area (Å²) in [5.41, 5.74) is 19.3. The van der Waals surface area contributed by atoms with E-state index in [1.807, 2.05) is 68.6 Å². The zero-order valence-corrected chi connectivity index (χ0v) is 27.2. The van der Waals surface area contributed by atoms with Crippen molar-refractivity contribution in [2.45, 2.75) is 19.0 Å². The van der Waals surface area contributed by atoms with E-state index in [0.717, 1.165) is 41.7 Å². The predicted molar refractivity (Wildman–Crippen MR) is 188 cm³/mol. The smallest absolute Gasteiger partial charge is 0.261 e. The van der Waals surface area contributed by atoms with Gasteiger partial charge in [0, 0.05) is 35.9 Å². The molecule has 2 aromatic carbocycles. The highest BCUT2D eigenvalue weighted by Gasteiger charge is 2.16. The fourth-order valence-electron chi connectivity index (χ4n) is 4.37. The molecule has 4 heterocycles. The summed E-state index contributed by atoms with van der Waals surface area (Å²) in [6, 6.07) is 20.2. The van der Waals surface area contributed by atoms with Crippen LogP contribution in [0.25, 0.3) is 41.3 Å². The second-order valence-corrected chi connectivity index (χ2v) is 12.3. The summed E-state index contributed by atoms with van der Waals surface area (Å²) < 4.78 is 0. The molecule has 0 atom stereocenters. The molecule has 13 heteroatoms. The summed E-state index contributed by atoms with van der Waals surface area (Å²) >= 11 is 4.56. The Morgan fingerprint density at radius 1 is 0.727 bits per heavy atom. The van der Waals surface area contributed by atoms with Crippen LogP contribution in [0, 0.1) is 13.8 Å². The lowest BCUT2D eigenvalue weighted by Crippen LogP contribution is -2.18. The van der Waals surface area contributed by atoms with Crippen molar-refractivity contribution >= 4 is 60.8 Å². The molecule has 0 bridgehead atoms. The number of nitrogens with two attached hydrogens (primary N) is 3. The van der Waals surface area contributed by atoms with E-state index < -0.39 is 0 Å². The van der Waals surface area contributed by atoms with E-state index in [9.17, 15) is 9.59 Å². The lowest BCUT2D eigenvalue weighted by Gasteiger charge is -2.02. The molecule has 4 aromatic heterocycles. The number of hydrogen-bond acceptors (Lipinski definition) is 11. The molecule has 0 aliphatic rings. The first kappa shape index (κ1) is 33.1. The number of aryl methyl sites for hydroxylation is 2. The minimum atomic E-state index is -0.115. The van der Waals surface area contributed by atoms with Gasteiger partial charge in [0.1, 0.15) is 9.66 Å². The standard InChI is InChI=1S/C15H16N4OS.C14H12N2OS2.C2H8N2/c1-9-11-13(20)18-15(17-8-7-16)19-14(11)21-12(9)10-5-3-2-4-6-10;1-8-10-12(17)15-14(18-2)16-13(10)19-11(8)9-6-4-3-5-7-9;3-1-2-4/h2-6H,7-8,16H2,1H3,(H2,17,18,19,20);3-7H,1-2H3,(H,15,16,17);1-4H2. The number of aromatic amines is 2. The lowest BCUT2D eigenvalue weighted by molar-refractivity contribution is 0.976. The Kier molecular flexibility index (Phi) is 11.8. The molecule has 0 fully saturated rings. The Balaban J connectivity index is 0.000000180. The maximum Gasteiger partial charge on any atom is 0.261 e. The highest BCUT2D eigenvalue weighted by molar-refractivity contribution is 7.98. The van der Waals surface area contributed by atoms with Crippen LogP contribution in [-0.4, -0.2) is 52.4 Å². The number of aromatic nitrogens is 4. The molecule has 9 N–H and O–H groups in total. The largest absolute Gasteiger partial charge is 0.354 e. The van der Waals surface area contributed by atoms with Crippen LogP contribution in [0.4, 0.5) is 5.95 Å². The first-order chi connectivity index (χ1) is 21.3. The second-order valence-electron chi connectivity index (χ2n) is 9.49. The third kappa shape index (κ3) is 7.62. The van der Waals surface area contributed by atoms with Gasteiger partial charge >= 0.3 is 0 Å². The Morgan fingerprint density at radius 2 is 1.20 bits per heavy atom. The molecule has 6 aromatic rings. The van der Waals surface area contributed by atoms with Crippen LogP contribution in [0.3, 0.4) is 0 Å². The van der Waals surface area contributed by atoms with E-state index in [2.05, 4.69) is 37.4 Å². The van der Waals surface area contributed by atoms with Crippen LogP contribution in [-0.2, 0) is 0 Å². The summed E-state index contributed by atoms with van der Waals surface area (Å²) in [5, 5.41) is 5.05. The lowest BCUT2D eigenvalue weighted by atomic mass is 10.1. The van der Waals surface area contributed by atoms with Gasteiger partial charge in [-0.15, -0.1) is 22.7 Å². The van der Waals surface area contributed by atoms with Crippen molar-refractivity contribution in [2.75, 3.05) is 37.8 Å². The molecular weight excluding hydrogens is 613 g/mol. The van der Waals surface area contributed by atoms with E-state index in [1.54, 1.807) is 11.3 Å². The molecule has 0 amide bonds. The molecule has 0 unspecified atom stereocenters. The van der Waals surface area contributed by atoms with Gasteiger partial charge in [-0.25, -0.2) is 9.97 Å². The molecule has 0 radical (unpaired) electrons. The van der Waals surface area contributed by atoms with Gasteiger partial charge in [-0.05, 0) is 42.4 Å². The fourth-order valence-corrected chi connectivity index (χ4v) is 7.18. The van der Waals surface area contributed by atoms with E-state index in [1.165, 1.54) is 23.1 Å². The maximum atomic E-state index is 12.3. The first-order valence-electron chi connectivity index (χ1n) is 13.9. The number of H-pyrrole nitrogens is 2. The van der Waals surface area contributed by atoms with Crippen molar-refractivity contribution in [2.24, 2.45) is 17.2 Å². The fraction of sp³-hybridized carbons (Fsp3) is 0.226. The van der Waals surface area contributed by atoms with Gasteiger partial charge in [0.15, 0.2) is 5.16 Å². The van der Waals surface area contributed by atoms with E-state index >= 15 is 0 Å². The normalized spacial score (nSPS) is 10.7. The van der Waals surface area contributed by atoms with Gasteiger partial charge < -0.3 is 27.5 Å². The number of fused-ring (bicyclic) bond motifs is 2. The van der Waals surface area contributed by atoms with E-state index in [0.29, 0.717) is 48.1 Å². The monoisotopic (exact) mass is 648 g/mol. The SMILES string of the molecule is CSc1nc2sc(-c3ccccc3)c(C)c2c(=O)[nH]1.Cc1c(-c2ccccc2)sc2nc(NCCN)[nH]c(=O)c12.NCCN. The van der Waals surface area contributed by atoms with Crippen LogP contribution in [0.5, 0.6) is 0 Å². The summed E-state index contributed by atoms with van der Waals surface area (Å²) in [5.74, 6) is 0.471. The van der Waals surface area contributed by atoms with Crippen molar-refractivity contribution in [1.82, 2.24) is 19.9 Å². The Bertz CT molecular complexity index is 1930. The molecule has 0 aliphatic heterocycles. The Morgan fingerprint density at radius 3 is 1.66 bits per heavy atom. The number of thiophene rings is 2. The molecule has 10 nitrogen and oxygen atoms in total. The molecule has 230 valence electrons. The van der Waals surface area contributed by atoms with Gasteiger partial charge in [0.25, 0.3) is 11.1 Å². The third-order valence-electron chi connectivity index (χ3n) is 6.45. The van der Waals surface area contributed by atoms with Crippen molar-refractivity contribution in [3.63, 3.8) is 0 Å². The predicted octanol–water partition coefficient (Wildman–Crippen LogP) is 4.92. The third-order valence-corrected chi connectivity index (χ3v) is 9.50. The molecule has 0 saturated heterocycles. The molecule has 0 aliphatic carbocycles. The number of benzene rings is 2. The topological polar surface area (TPSA) is 182 Å². The zero-order valence-electron chi connectivity index (χ0n) is 24.8. The molecule has 6 rings (SSSR count). The molecule has 44 heavy (non-hydrogen) atoms. The zero-order chi connectivity index (χ0) is 31.6. The van der Waals surface area contributed by atoms with Gasteiger partial charge in [0.2, 0.25) is 5.95 Å². The number of anilines is 1. The molecule has 0 saturated carbocycles. The van der Waals surface area contributed by atoms with Crippen molar-refractivity contribution in [3.05, 3.63) is 92.5 Å². The quantitative estimate of drug-likeness (QED) is 0.103. The van der Waals surface area contributed by atoms with Crippen LogP contribution < -0.4 is 33.6 Å². The van der Waals surface area contributed by atoms with Crippen LogP contribution in [0.1, 0.15) is 11.1 Å². The molecule has 0 spiro atoms. The Labute approximate surface area is 267 Å². The number of thioether (sulfide) groups is 1. The second kappa shape index (κ2) is 15.7. The highest BCUT2D eigenvalue weighted by Crippen LogP contribution is 2.36. The van der Waals surface area contributed by atoms with Gasteiger partial charge in [0.05, 0.1) is 10.8 Å². The summed E-state index contributed by atoms with van der Waals surface area (Å²) in [6.07, 6.45) is 1.91. The first-order valence-corrected chi connectivity index (χ1v) is 16.7. The number of hydrogen-bond donors (Lipinski definition) is 6. The van der Waals surface area contributed by atoms with Crippen molar-refractivity contribution in [3.8, 4) is 20.9 Å². The minimum Gasteiger partial charge on any atom is -0.354 e. The number of rotatable bonds is 7. The summed E-state index contributed by atoms with van der Waals surface area (Å²) in [6.45, 7) is 6.20. The Hall–Kier alpha value is -3.85. The summed E-state index contributed by atoms with van der Waals surface area (Å²) in [4.78, 5) is 42.7. The number of nitrogens with one attached hydrogen (secondary N) is 3. The van der Waals surface area contributed by atoms with E-state index in [-0.39, 0.29) is 11.1 Å². The highest BCUT2D eigenvalue weighted by atomic mass is 32.2. The average Bonchev–Trinajstić information content (AvgIpc) is 3.57. The van der Waals surface area contributed by atoms with Gasteiger partial charge in [-0.1, -0.05) is 72.4 Å². The number of nitrogens with zero attached hydrogens (tertiary/aromatic N) is 2. The van der Waals surface area contributed by atoms with Gasteiger partial charge in [-0.3, -0.25) is 14.6 Å². The average molecular weight is 649 g/mol. The maximum absolute atomic E-state index is 12.3. The summed E-state index contributed by atoms with van der Waals surface area (Å²) in [7, 11) is 0. The van der Waals surface area contributed by atoms with Crippen molar-refractivity contribution < 1.29 is 0 Å². The van der Waals surface area contributed by atoms with Gasteiger partial charge in [-0.2, -0.15) is 0 Å². The minimum absolute atomic E-state index is 0.0507. The van der Waals surface area contributed by atoms with Crippen molar-refractivity contribution in [1.29, 1.82) is 0 Å². The van der Waals surface area contributed by atoms with E-state index in [4.69, 9.17) is 17.2 Å². The van der Waals surface area contributed by atoms with Crippen LogP contribution in [0.2, 0.25) is 0 Å². The molecular formula is C31H36N8O2S3. The van der Waals surface area contributed by atoms with Crippen LogP contribution >= 0.6 is 34.4 Å². The van der Waals surface area contributed by atoms with Crippen LogP contribution in [0.15, 0.2) is 75.4 Å².